The summed E-state index contributed by atoms with van der Waals surface area (Å²) in [6.07, 6.45) is 2.97. The van der Waals surface area contributed by atoms with Crippen LogP contribution in [-0.2, 0) is 16.0 Å². The van der Waals surface area contributed by atoms with Crippen molar-refractivity contribution in [3.05, 3.63) is 44.5 Å². The van der Waals surface area contributed by atoms with E-state index in [0.717, 1.165) is 31.2 Å². The number of benzene rings is 1. The van der Waals surface area contributed by atoms with Gasteiger partial charge in [-0.2, -0.15) is 0 Å². The molecule has 0 bridgehead atoms. The molecule has 0 unspecified atom stereocenters. The first kappa shape index (κ1) is 18.4. The first-order chi connectivity index (χ1) is 12.0. The van der Waals surface area contributed by atoms with Crippen molar-refractivity contribution in [3.63, 3.8) is 0 Å². The van der Waals surface area contributed by atoms with E-state index in [4.69, 9.17) is 0 Å². The van der Waals surface area contributed by atoms with Crippen molar-refractivity contribution >= 4 is 22.6 Å². The predicted molar refractivity (Wildman–Crippen MR) is 90.0 cm³/mol. The van der Waals surface area contributed by atoms with E-state index in [0.29, 0.717) is 17.3 Å². The molecule has 1 aromatic carbocycles. The largest absolute Gasteiger partial charge is 0.550 e. The number of H-pyrrole nitrogens is 2. The fourth-order valence-electron chi connectivity index (χ4n) is 2.54. The Labute approximate surface area is 143 Å². The number of aromatic nitrogens is 2. The highest BCUT2D eigenvalue weighted by molar-refractivity contribution is 5.81. The van der Waals surface area contributed by atoms with Crippen LogP contribution >= 0.6 is 0 Å². The van der Waals surface area contributed by atoms with Gasteiger partial charge < -0.3 is 15.2 Å². The van der Waals surface area contributed by atoms with Gasteiger partial charge in [0.25, 0.3) is 11.1 Å². The summed E-state index contributed by atoms with van der Waals surface area (Å²) < 4.78 is 0. The number of carbonyl (C=O) groups excluding carboxylic acids is 2. The van der Waals surface area contributed by atoms with Crippen LogP contribution in [0.4, 0.5) is 0 Å². The molecule has 25 heavy (non-hydrogen) atoms. The maximum absolute atomic E-state index is 11.8. The van der Waals surface area contributed by atoms with E-state index < -0.39 is 5.97 Å². The van der Waals surface area contributed by atoms with E-state index in [1.807, 2.05) is 6.07 Å². The van der Waals surface area contributed by atoms with Crippen molar-refractivity contribution in [1.29, 1.82) is 0 Å². The van der Waals surface area contributed by atoms with Gasteiger partial charge in [0.15, 0.2) is 0 Å². The van der Waals surface area contributed by atoms with Gasteiger partial charge in [0.05, 0.1) is 10.8 Å². The number of aromatic amines is 2. The first-order valence-electron chi connectivity index (χ1n) is 8.17. The number of aryl methyl sites for hydroxylation is 1. The summed E-state index contributed by atoms with van der Waals surface area (Å²) in [6, 6.07) is 5.21. The normalized spacial score (nSPS) is 10.7. The molecular weight excluding hydrogens is 326 g/mol. The van der Waals surface area contributed by atoms with Crippen molar-refractivity contribution in [2.45, 2.75) is 38.5 Å². The third-order valence-electron chi connectivity index (χ3n) is 3.88. The average Bonchev–Trinajstić information content (AvgIpc) is 2.59. The average molecular weight is 346 g/mol. The molecule has 3 N–H and O–H groups in total. The van der Waals surface area contributed by atoms with E-state index in [2.05, 4.69) is 15.5 Å². The van der Waals surface area contributed by atoms with Crippen LogP contribution in [0.5, 0.6) is 0 Å². The predicted octanol–water partition coefficient (Wildman–Crippen LogP) is -0.424. The summed E-state index contributed by atoms with van der Waals surface area (Å²) in [5.74, 6) is -1.52. The van der Waals surface area contributed by atoms with Gasteiger partial charge in [-0.15, -0.1) is 0 Å². The lowest BCUT2D eigenvalue weighted by atomic mass is 10.0. The van der Waals surface area contributed by atoms with E-state index in [1.54, 1.807) is 12.1 Å². The van der Waals surface area contributed by atoms with Gasteiger partial charge in [0.2, 0.25) is 5.91 Å². The van der Waals surface area contributed by atoms with E-state index in [1.165, 1.54) is 0 Å². The van der Waals surface area contributed by atoms with Crippen molar-refractivity contribution in [3.8, 4) is 0 Å². The molecule has 0 radical (unpaired) electrons. The molecule has 134 valence electrons. The lowest BCUT2D eigenvalue weighted by molar-refractivity contribution is -0.305. The van der Waals surface area contributed by atoms with Crippen molar-refractivity contribution in [2.75, 3.05) is 6.54 Å². The summed E-state index contributed by atoms with van der Waals surface area (Å²) >= 11 is 0. The number of carboxylic acids is 1. The Kier molecular flexibility index (Phi) is 6.50. The Morgan fingerprint density at radius 2 is 1.68 bits per heavy atom. The molecule has 1 aromatic heterocycles. The number of amides is 1. The molecule has 0 atom stereocenters. The highest BCUT2D eigenvalue weighted by Gasteiger charge is 2.04. The lowest BCUT2D eigenvalue weighted by Gasteiger charge is -2.06. The van der Waals surface area contributed by atoms with Crippen LogP contribution in [0, 0.1) is 0 Å². The van der Waals surface area contributed by atoms with Crippen LogP contribution in [0.2, 0.25) is 0 Å². The van der Waals surface area contributed by atoms with Gasteiger partial charge in [-0.1, -0.05) is 12.5 Å². The Bertz CT molecular complexity index is 868. The van der Waals surface area contributed by atoms with Crippen molar-refractivity contribution in [1.82, 2.24) is 15.5 Å². The molecule has 0 aliphatic carbocycles. The second-order valence-electron chi connectivity index (χ2n) is 5.82. The van der Waals surface area contributed by atoms with Gasteiger partial charge in [0, 0.05) is 18.9 Å². The van der Waals surface area contributed by atoms with Gasteiger partial charge in [-0.3, -0.25) is 24.6 Å². The van der Waals surface area contributed by atoms with Crippen LogP contribution in [0.15, 0.2) is 27.8 Å². The number of nitrogens with one attached hydrogen (secondary N) is 3. The maximum atomic E-state index is 11.8. The smallest absolute Gasteiger partial charge is 0.270 e. The molecule has 0 saturated heterocycles. The summed E-state index contributed by atoms with van der Waals surface area (Å²) in [7, 11) is 0. The monoisotopic (exact) mass is 346 g/mol. The maximum Gasteiger partial charge on any atom is 0.270 e. The standard InChI is InChI=1S/C17H21N3O5/c21-14(7-8-15(22)23)18-9-3-1-2-4-11-5-6-12-13(10-11)17(25)20-19-16(12)24/h5-6,10H,1-4,7-9H2,(H,18,21)(H,19,24)(H,20,25)(H,22,23)/p-1. The summed E-state index contributed by atoms with van der Waals surface area (Å²) in [6.45, 7) is 0.499. The molecule has 1 amide bonds. The fraction of sp³-hybridized carbons (Fsp3) is 0.412. The minimum atomic E-state index is -1.23. The number of carbonyl (C=O) groups is 2. The molecule has 2 aromatic rings. The molecule has 8 heteroatoms. The Hall–Kier alpha value is -2.90. The third-order valence-corrected chi connectivity index (χ3v) is 3.88. The van der Waals surface area contributed by atoms with Crippen molar-refractivity contribution in [2.24, 2.45) is 0 Å². The second-order valence-corrected chi connectivity index (χ2v) is 5.82. The van der Waals surface area contributed by atoms with Gasteiger partial charge in [-0.25, -0.2) is 0 Å². The number of unbranched alkanes of at least 4 members (excludes halogenated alkanes) is 2. The molecule has 2 rings (SSSR count). The number of hydrogen-bond acceptors (Lipinski definition) is 5. The van der Waals surface area contributed by atoms with E-state index >= 15 is 0 Å². The second kappa shape index (κ2) is 8.81. The molecule has 0 aliphatic rings. The van der Waals surface area contributed by atoms with E-state index in [9.17, 15) is 24.3 Å². The summed E-state index contributed by atoms with van der Waals surface area (Å²) in [5, 5.41) is 18.2. The molecule has 0 saturated carbocycles. The van der Waals surface area contributed by atoms with E-state index in [-0.39, 0.29) is 29.9 Å². The Morgan fingerprint density at radius 3 is 2.40 bits per heavy atom. The summed E-state index contributed by atoms with van der Waals surface area (Å²) in [4.78, 5) is 44.9. The number of aliphatic carboxylic acids is 1. The zero-order valence-corrected chi connectivity index (χ0v) is 13.7. The van der Waals surface area contributed by atoms with Crippen LogP contribution in [0.3, 0.4) is 0 Å². The molecule has 0 fully saturated rings. The molecule has 0 spiro atoms. The minimum Gasteiger partial charge on any atom is -0.550 e. The Morgan fingerprint density at radius 1 is 0.960 bits per heavy atom. The molecule has 0 aliphatic heterocycles. The topological polar surface area (TPSA) is 135 Å². The van der Waals surface area contributed by atoms with Crippen LogP contribution in [0.1, 0.15) is 37.7 Å². The zero-order valence-electron chi connectivity index (χ0n) is 13.7. The highest BCUT2D eigenvalue weighted by atomic mass is 16.4. The van der Waals surface area contributed by atoms with Crippen LogP contribution in [-0.4, -0.2) is 28.6 Å². The highest BCUT2D eigenvalue weighted by Crippen LogP contribution is 2.11. The summed E-state index contributed by atoms with van der Waals surface area (Å²) in [5.41, 5.74) is 0.327. The molecule has 8 nitrogen and oxygen atoms in total. The minimum absolute atomic E-state index is 0.0624. The quantitative estimate of drug-likeness (QED) is 0.530. The van der Waals surface area contributed by atoms with Gasteiger partial charge in [0.1, 0.15) is 0 Å². The van der Waals surface area contributed by atoms with Gasteiger partial charge >= 0.3 is 0 Å². The van der Waals surface area contributed by atoms with Gasteiger partial charge in [-0.05, 0) is 43.4 Å². The third kappa shape index (κ3) is 5.59. The Balaban J connectivity index is 1.74. The molecule has 1 heterocycles. The van der Waals surface area contributed by atoms with Crippen molar-refractivity contribution < 1.29 is 14.7 Å². The molecular formula is C17H20N3O5-. The lowest BCUT2D eigenvalue weighted by Crippen LogP contribution is -2.28. The zero-order chi connectivity index (χ0) is 18.2. The number of fused-ring (bicyclic) bond motifs is 1. The number of carboxylic acid groups (broad SMARTS) is 1. The first-order valence-corrected chi connectivity index (χ1v) is 8.17. The number of hydrogen-bond donors (Lipinski definition) is 3. The number of rotatable bonds is 9. The SMILES string of the molecule is O=C([O-])CCC(=O)NCCCCCc1ccc2c(=O)[nH][nH]c(=O)c2c1. The fourth-order valence-corrected chi connectivity index (χ4v) is 2.54. The van der Waals surface area contributed by atoms with Crippen LogP contribution < -0.4 is 21.5 Å². The van der Waals surface area contributed by atoms with Crippen LogP contribution in [0.25, 0.3) is 10.8 Å².